The van der Waals surface area contributed by atoms with Crippen LogP contribution in [0.25, 0.3) is 0 Å². The number of likely N-dealkylation sites (N-methyl/N-ethyl adjacent to an activating group) is 1. The molecule has 6 heteroatoms. The van der Waals surface area contributed by atoms with Crippen LogP contribution >= 0.6 is 11.6 Å². The number of halogens is 1. The molecule has 1 fully saturated rings. The molecule has 2 heterocycles. The third-order valence-electron chi connectivity index (χ3n) is 3.99. The zero-order chi connectivity index (χ0) is 16.2. The Morgan fingerprint density at radius 1 is 1.13 bits per heavy atom. The summed E-state index contributed by atoms with van der Waals surface area (Å²) in [4.78, 5) is 20.9. The summed E-state index contributed by atoms with van der Waals surface area (Å²) in [5, 5.41) is 3.57. The lowest BCUT2D eigenvalue weighted by molar-refractivity contribution is 0.102. The van der Waals surface area contributed by atoms with Crippen LogP contribution in [0.4, 0.5) is 11.4 Å². The summed E-state index contributed by atoms with van der Waals surface area (Å²) in [6.45, 7) is 3.85. The first-order valence-electron chi connectivity index (χ1n) is 7.58. The number of carbonyl (C=O) groups excluding carboxylic acids is 1. The van der Waals surface area contributed by atoms with Gasteiger partial charge in [-0.25, -0.2) is 0 Å². The Hall–Kier alpha value is -2.11. The van der Waals surface area contributed by atoms with Gasteiger partial charge in [-0.1, -0.05) is 11.6 Å². The van der Waals surface area contributed by atoms with Crippen LogP contribution in [0.2, 0.25) is 5.02 Å². The molecule has 1 aliphatic heterocycles. The van der Waals surface area contributed by atoms with Crippen molar-refractivity contribution in [1.82, 2.24) is 9.88 Å². The number of aromatic nitrogens is 1. The number of pyridine rings is 1. The molecule has 1 aromatic carbocycles. The standard InChI is InChI=1S/C17H19ClN4O/c1-21-8-10-22(11-9-21)16-3-2-14(18)12-15(16)20-17(23)13-4-6-19-7-5-13/h2-7,12H,8-11H2,1H3,(H,20,23). The molecule has 2 aromatic rings. The van der Waals surface area contributed by atoms with Crippen LogP contribution in [0.3, 0.4) is 0 Å². The average molecular weight is 331 g/mol. The lowest BCUT2D eigenvalue weighted by Crippen LogP contribution is -2.44. The number of nitrogens with one attached hydrogen (secondary N) is 1. The van der Waals surface area contributed by atoms with E-state index in [0.717, 1.165) is 37.6 Å². The van der Waals surface area contributed by atoms with Crippen LogP contribution < -0.4 is 10.2 Å². The topological polar surface area (TPSA) is 48.5 Å². The largest absolute Gasteiger partial charge is 0.367 e. The first kappa shape index (κ1) is 15.8. The average Bonchev–Trinajstić information content (AvgIpc) is 2.57. The molecule has 0 bridgehead atoms. The van der Waals surface area contributed by atoms with Gasteiger partial charge in [-0.15, -0.1) is 0 Å². The Kier molecular flexibility index (Phi) is 4.79. The predicted molar refractivity (Wildman–Crippen MR) is 93.4 cm³/mol. The van der Waals surface area contributed by atoms with Gasteiger partial charge in [0.1, 0.15) is 0 Å². The van der Waals surface area contributed by atoms with Crippen molar-refractivity contribution < 1.29 is 4.79 Å². The van der Waals surface area contributed by atoms with Crippen LogP contribution in [0.5, 0.6) is 0 Å². The lowest BCUT2D eigenvalue weighted by atomic mass is 10.2. The summed E-state index contributed by atoms with van der Waals surface area (Å²) >= 11 is 6.12. The van der Waals surface area contributed by atoms with Gasteiger partial charge in [0.05, 0.1) is 11.4 Å². The SMILES string of the molecule is CN1CCN(c2ccc(Cl)cc2NC(=O)c2ccncc2)CC1. The van der Waals surface area contributed by atoms with E-state index in [4.69, 9.17) is 11.6 Å². The number of piperazine rings is 1. The predicted octanol–water partition coefficient (Wildman–Crippen LogP) is 2.74. The Balaban J connectivity index is 1.83. The van der Waals surface area contributed by atoms with Crippen LogP contribution in [-0.2, 0) is 0 Å². The number of benzene rings is 1. The molecule has 1 saturated heterocycles. The highest BCUT2D eigenvalue weighted by atomic mass is 35.5. The Bertz CT molecular complexity index is 684. The monoisotopic (exact) mass is 330 g/mol. The Labute approximate surface area is 140 Å². The summed E-state index contributed by atoms with van der Waals surface area (Å²) in [5.74, 6) is -0.162. The number of hydrogen-bond donors (Lipinski definition) is 1. The first-order valence-corrected chi connectivity index (χ1v) is 7.96. The van der Waals surface area contributed by atoms with Gasteiger partial charge in [-0.3, -0.25) is 9.78 Å². The fraction of sp³-hybridized carbons (Fsp3) is 0.294. The van der Waals surface area contributed by atoms with Gasteiger partial charge in [0.25, 0.3) is 5.91 Å². The maximum atomic E-state index is 12.4. The van der Waals surface area contributed by atoms with Gasteiger partial charge in [0, 0.05) is 49.2 Å². The van der Waals surface area contributed by atoms with Gasteiger partial charge in [0.2, 0.25) is 0 Å². The summed E-state index contributed by atoms with van der Waals surface area (Å²) in [6.07, 6.45) is 3.21. The zero-order valence-electron chi connectivity index (χ0n) is 13.0. The molecular weight excluding hydrogens is 312 g/mol. The van der Waals surface area contributed by atoms with Crippen molar-refractivity contribution in [2.75, 3.05) is 43.4 Å². The number of amides is 1. The van der Waals surface area contributed by atoms with E-state index >= 15 is 0 Å². The molecule has 0 aliphatic carbocycles. The van der Waals surface area contributed by atoms with E-state index in [0.29, 0.717) is 10.6 Å². The quantitative estimate of drug-likeness (QED) is 0.940. The van der Waals surface area contributed by atoms with E-state index in [2.05, 4.69) is 27.1 Å². The van der Waals surface area contributed by atoms with E-state index in [1.54, 1.807) is 30.6 Å². The van der Waals surface area contributed by atoms with Crippen molar-refractivity contribution in [2.24, 2.45) is 0 Å². The summed E-state index contributed by atoms with van der Waals surface area (Å²) in [7, 11) is 2.12. The van der Waals surface area contributed by atoms with Gasteiger partial charge < -0.3 is 15.1 Å². The Morgan fingerprint density at radius 3 is 2.52 bits per heavy atom. The second-order valence-corrected chi connectivity index (χ2v) is 6.08. The number of anilines is 2. The fourth-order valence-corrected chi connectivity index (χ4v) is 2.80. The molecule has 1 amide bonds. The second-order valence-electron chi connectivity index (χ2n) is 5.64. The highest BCUT2D eigenvalue weighted by Gasteiger charge is 2.18. The molecule has 0 atom stereocenters. The van der Waals surface area contributed by atoms with Crippen LogP contribution in [-0.4, -0.2) is 49.0 Å². The minimum Gasteiger partial charge on any atom is -0.367 e. The van der Waals surface area contributed by atoms with Gasteiger partial charge in [0.15, 0.2) is 0 Å². The molecule has 3 rings (SSSR count). The first-order chi connectivity index (χ1) is 11.1. The van der Waals surface area contributed by atoms with E-state index in [9.17, 15) is 4.79 Å². The maximum absolute atomic E-state index is 12.4. The molecule has 120 valence electrons. The van der Waals surface area contributed by atoms with Crippen molar-refractivity contribution in [3.8, 4) is 0 Å². The van der Waals surface area contributed by atoms with Crippen LogP contribution in [0, 0.1) is 0 Å². The zero-order valence-corrected chi connectivity index (χ0v) is 13.8. The lowest BCUT2D eigenvalue weighted by Gasteiger charge is -2.35. The van der Waals surface area contributed by atoms with Crippen molar-refractivity contribution in [3.05, 3.63) is 53.3 Å². The number of nitrogens with zero attached hydrogens (tertiary/aromatic N) is 3. The van der Waals surface area contributed by atoms with E-state index < -0.39 is 0 Å². The normalized spacial score (nSPS) is 15.5. The van der Waals surface area contributed by atoms with Gasteiger partial charge in [-0.2, -0.15) is 0 Å². The van der Waals surface area contributed by atoms with E-state index in [1.807, 2.05) is 12.1 Å². The van der Waals surface area contributed by atoms with Crippen LogP contribution in [0.1, 0.15) is 10.4 Å². The molecule has 1 N–H and O–H groups in total. The van der Waals surface area contributed by atoms with Crippen molar-refractivity contribution in [1.29, 1.82) is 0 Å². The molecule has 0 saturated carbocycles. The molecule has 0 unspecified atom stereocenters. The molecular formula is C17H19ClN4O. The van der Waals surface area contributed by atoms with Crippen molar-refractivity contribution in [2.45, 2.75) is 0 Å². The van der Waals surface area contributed by atoms with E-state index in [1.165, 1.54) is 0 Å². The van der Waals surface area contributed by atoms with Gasteiger partial charge in [-0.05, 0) is 37.4 Å². The Morgan fingerprint density at radius 2 is 1.83 bits per heavy atom. The summed E-state index contributed by atoms with van der Waals surface area (Å²) in [6, 6.07) is 9.01. The van der Waals surface area contributed by atoms with E-state index in [-0.39, 0.29) is 5.91 Å². The van der Waals surface area contributed by atoms with Gasteiger partial charge >= 0.3 is 0 Å². The highest BCUT2D eigenvalue weighted by Crippen LogP contribution is 2.30. The molecule has 1 aromatic heterocycles. The molecule has 0 spiro atoms. The third-order valence-corrected chi connectivity index (χ3v) is 4.23. The summed E-state index contributed by atoms with van der Waals surface area (Å²) in [5.41, 5.74) is 2.32. The van der Waals surface area contributed by atoms with Crippen molar-refractivity contribution in [3.63, 3.8) is 0 Å². The summed E-state index contributed by atoms with van der Waals surface area (Å²) < 4.78 is 0. The minimum atomic E-state index is -0.162. The number of hydrogen-bond acceptors (Lipinski definition) is 4. The maximum Gasteiger partial charge on any atom is 0.255 e. The highest BCUT2D eigenvalue weighted by molar-refractivity contribution is 6.31. The van der Waals surface area contributed by atoms with Crippen molar-refractivity contribution >= 4 is 28.9 Å². The smallest absolute Gasteiger partial charge is 0.255 e. The van der Waals surface area contributed by atoms with Crippen LogP contribution in [0.15, 0.2) is 42.7 Å². The number of rotatable bonds is 3. The fourth-order valence-electron chi connectivity index (χ4n) is 2.63. The molecule has 5 nitrogen and oxygen atoms in total. The molecule has 0 radical (unpaired) electrons. The second kappa shape index (κ2) is 6.98. The molecule has 1 aliphatic rings. The third kappa shape index (κ3) is 3.81. The minimum absolute atomic E-state index is 0.162. The molecule has 23 heavy (non-hydrogen) atoms. The number of carbonyl (C=O) groups is 1.